The second-order valence-electron chi connectivity index (χ2n) is 4.34. The lowest BCUT2D eigenvalue weighted by atomic mass is 9.97. The van der Waals surface area contributed by atoms with E-state index < -0.39 is 0 Å². The molecule has 0 aliphatic heterocycles. The number of hydrogen-bond donors (Lipinski definition) is 1. The summed E-state index contributed by atoms with van der Waals surface area (Å²) in [6.07, 6.45) is 0.741. The molecule has 4 heteroatoms. The molecule has 3 nitrogen and oxygen atoms in total. The topological polar surface area (TPSA) is 48.1 Å². The standard InChI is InChI=1S/C11H17BrN2O/c1-11(2,13)6-9-8(7-15-3)4-5-10(12)14-9/h4-5H,6-7,13H2,1-3H3. The summed E-state index contributed by atoms with van der Waals surface area (Å²) >= 11 is 3.36. The average Bonchev–Trinajstić information content (AvgIpc) is 2.07. The first-order valence-corrected chi connectivity index (χ1v) is 5.64. The fourth-order valence-corrected chi connectivity index (χ4v) is 1.72. The van der Waals surface area contributed by atoms with Gasteiger partial charge >= 0.3 is 0 Å². The van der Waals surface area contributed by atoms with Crippen molar-refractivity contribution in [3.05, 3.63) is 28.0 Å². The second kappa shape index (κ2) is 5.05. The maximum absolute atomic E-state index is 5.99. The van der Waals surface area contributed by atoms with E-state index in [0.717, 1.165) is 22.3 Å². The van der Waals surface area contributed by atoms with Crippen molar-refractivity contribution in [1.82, 2.24) is 4.98 Å². The number of aromatic nitrogens is 1. The Morgan fingerprint density at radius 2 is 2.13 bits per heavy atom. The van der Waals surface area contributed by atoms with Crippen LogP contribution in [0.25, 0.3) is 0 Å². The van der Waals surface area contributed by atoms with E-state index in [1.54, 1.807) is 7.11 Å². The first-order chi connectivity index (χ1) is 6.92. The zero-order chi connectivity index (χ0) is 11.5. The van der Waals surface area contributed by atoms with Gasteiger partial charge in [0.2, 0.25) is 0 Å². The van der Waals surface area contributed by atoms with Gasteiger partial charge < -0.3 is 10.5 Å². The van der Waals surface area contributed by atoms with Gasteiger partial charge in [0.05, 0.1) is 6.61 Å². The van der Waals surface area contributed by atoms with E-state index in [-0.39, 0.29) is 5.54 Å². The number of hydrogen-bond acceptors (Lipinski definition) is 3. The van der Waals surface area contributed by atoms with E-state index in [9.17, 15) is 0 Å². The van der Waals surface area contributed by atoms with E-state index in [1.165, 1.54) is 0 Å². The van der Waals surface area contributed by atoms with E-state index in [1.807, 2.05) is 26.0 Å². The number of rotatable bonds is 4. The summed E-state index contributed by atoms with van der Waals surface area (Å²) in [7, 11) is 1.68. The molecule has 0 bridgehead atoms. The van der Waals surface area contributed by atoms with Gasteiger partial charge in [0.25, 0.3) is 0 Å². The largest absolute Gasteiger partial charge is 0.380 e. The number of halogens is 1. The fourth-order valence-electron chi connectivity index (χ4n) is 1.38. The smallest absolute Gasteiger partial charge is 0.106 e. The predicted molar refractivity (Wildman–Crippen MR) is 64.6 cm³/mol. The summed E-state index contributed by atoms with van der Waals surface area (Å²) in [4.78, 5) is 4.43. The van der Waals surface area contributed by atoms with Crippen LogP contribution in [0.15, 0.2) is 16.7 Å². The summed E-state index contributed by atoms with van der Waals surface area (Å²) in [5, 5.41) is 0. The first kappa shape index (κ1) is 12.6. The lowest BCUT2D eigenvalue weighted by Gasteiger charge is -2.19. The Hall–Kier alpha value is -0.450. The molecular weight excluding hydrogens is 256 g/mol. The van der Waals surface area contributed by atoms with Crippen LogP contribution in [0, 0.1) is 0 Å². The molecule has 15 heavy (non-hydrogen) atoms. The zero-order valence-corrected chi connectivity index (χ0v) is 11.0. The molecule has 0 unspecified atom stereocenters. The Kier molecular flexibility index (Phi) is 4.25. The van der Waals surface area contributed by atoms with Gasteiger partial charge in [0.1, 0.15) is 4.60 Å². The Balaban J connectivity index is 2.96. The first-order valence-electron chi connectivity index (χ1n) is 4.84. The van der Waals surface area contributed by atoms with Crippen molar-refractivity contribution in [1.29, 1.82) is 0 Å². The van der Waals surface area contributed by atoms with Crippen LogP contribution in [0.1, 0.15) is 25.1 Å². The van der Waals surface area contributed by atoms with Crippen LogP contribution < -0.4 is 5.73 Å². The van der Waals surface area contributed by atoms with Crippen LogP contribution in [-0.2, 0) is 17.8 Å². The molecule has 2 N–H and O–H groups in total. The monoisotopic (exact) mass is 272 g/mol. The minimum absolute atomic E-state index is 0.254. The second-order valence-corrected chi connectivity index (χ2v) is 5.15. The number of nitrogens with zero attached hydrogens (tertiary/aromatic N) is 1. The predicted octanol–water partition coefficient (Wildman–Crippen LogP) is 2.27. The number of pyridine rings is 1. The third kappa shape index (κ3) is 4.28. The van der Waals surface area contributed by atoms with Crippen LogP contribution in [-0.4, -0.2) is 17.6 Å². The van der Waals surface area contributed by atoms with E-state index in [0.29, 0.717) is 6.61 Å². The van der Waals surface area contributed by atoms with Crippen molar-refractivity contribution < 1.29 is 4.74 Å². The molecule has 0 radical (unpaired) electrons. The highest BCUT2D eigenvalue weighted by atomic mass is 79.9. The lowest BCUT2D eigenvalue weighted by Crippen LogP contribution is -2.35. The van der Waals surface area contributed by atoms with Crippen LogP contribution >= 0.6 is 15.9 Å². The third-order valence-electron chi connectivity index (χ3n) is 1.96. The SMILES string of the molecule is COCc1ccc(Br)nc1CC(C)(C)N. The highest BCUT2D eigenvalue weighted by Crippen LogP contribution is 2.17. The van der Waals surface area contributed by atoms with E-state index in [2.05, 4.69) is 20.9 Å². The molecule has 1 aromatic rings. The highest BCUT2D eigenvalue weighted by Gasteiger charge is 2.15. The summed E-state index contributed by atoms with van der Waals surface area (Å²) in [5.74, 6) is 0. The van der Waals surface area contributed by atoms with Gasteiger partial charge in [-0.05, 0) is 41.4 Å². The molecule has 0 amide bonds. The molecule has 84 valence electrons. The molecular formula is C11H17BrN2O. The molecule has 0 aliphatic rings. The third-order valence-corrected chi connectivity index (χ3v) is 2.40. The molecule has 0 fully saturated rings. The molecule has 0 saturated heterocycles. The quantitative estimate of drug-likeness (QED) is 0.856. The van der Waals surface area contributed by atoms with Crippen molar-refractivity contribution in [3.8, 4) is 0 Å². The highest BCUT2D eigenvalue weighted by molar-refractivity contribution is 9.10. The van der Waals surface area contributed by atoms with Gasteiger partial charge in [-0.3, -0.25) is 0 Å². The molecule has 1 rings (SSSR count). The van der Waals surface area contributed by atoms with Crippen LogP contribution in [0.2, 0.25) is 0 Å². The molecule has 0 aromatic carbocycles. The Morgan fingerprint density at radius 3 is 2.67 bits per heavy atom. The number of ether oxygens (including phenoxy) is 1. The van der Waals surface area contributed by atoms with E-state index >= 15 is 0 Å². The van der Waals surface area contributed by atoms with Crippen molar-refractivity contribution in [2.75, 3.05) is 7.11 Å². The van der Waals surface area contributed by atoms with Gasteiger partial charge in [-0.2, -0.15) is 0 Å². The molecule has 0 saturated carbocycles. The minimum atomic E-state index is -0.254. The minimum Gasteiger partial charge on any atom is -0.380 e. The van der Waals surface area contributed by atoms with Gasteiger partial charge in [-0.15, -0.1) is 0 Å². The summed E-state index contributed by atoms with van der Waals surface area (Å²) < 4.78 is 5.96. The van der Waals surface area contributed by atoms with Crippen LogP contribution in [0.4, 0.5) is 0 Å². The Labute approximate surface area is 99.2 Å². The maximum atomic E-state index is 5.99. The maximum Gasteiger partial charge on any atom is 0.106 e. The summed E-state index contributed by atoms with van der Waals surface area (Å²) in [6, 6.07) is 3.93. The lowest BCUT2D eigenvalue weighted by molar-refractivity contribution is 0.183. The van der Waals surface area contributed by atoms with Crippen molar-refractivity contribution in [2.24, 2.45) is 5.73 Å². The normalized spacial score (nSPS) is 11.8. The van der Waals surface area contributed by atoms with Crippen LogP contribution in [0.5, 0.6) is 0 Å². The summed E-state index contributed by atoms with van der Waals surface area (Å²) in [5.41, 5.74) is 7.83. The van der Waals surface area contributed by atoms with Gasteiger partial charge in [-0.1, -0.05) is 6.07 Å². The van der Waals surface area contributed by atoms with Crippen molar-refractivity contribution in [2.45, 2.75) is 32.4 Å². The number of nitrogens with two attached hydrogens (primary N) is 1. The van der Waals surface area contributed by atoms with Gasteiger partial charge in [0, 0.05) is 24.8 Å². The molecule has 0 spiro atoms. The Morgan fingerprint density at radius 1 is 1.47 bits per heavy atom. The number of methoxy groups -OCH3 is 1. The van der Waals surface area contributed by atoms with Crippen LogP contribution in [0.3, 0.4) is 0 Å². The Bertz CT molecular complexity index is 334. The van der Waals surface area contributed by atoms with Gasteiger partial charge in [0.15, 0.2) is 0 Å². The zero-order valence-electron chi connectivity index (χ0n) is 9.38. The molecule has 1 heterocycles. The van der Waals surface area contributed by atoms with E-state index in [4.69, 9.17) is 10.5 Å². The molecule has 0 atom stereocenters. The average molecular weight is 273 g/mol. The van der Waals surface area contributed by atoms with Crippen molar-refractivity contribution in [3.63, 3.8) is 0 Å². The van der Waals surface area contributed by atoms with Gasteiger partial charge in [-0.25, -0.2) is 4.98 Å². The molecule has 1 aromatic heterocycles. The summed E-state index contributed by atoms with van der Waals surface area (Å²) in [6.45, 7) is 4.56. The van der Waals surface area contributed by atoms with Crippen molar-refractivity contribution >= 4 is 15.9 Å². The molecule has 0 aliphatic carbocycles. The fraction of sp³-hybridized carbons (Fsp3) is 0.545.